The highest BCUT2D eigenvalue weighted by molar-refractivity contribution is 5.44. The molecule has 0 heterocycles. The molecule has 0 aliphatic carbocycles. The summed E-state index contributed by atoms with van der Waals surface area (Å²) in [5.41, 5.74) is 1.09. The molecule has 1 aromatic carbocycles. The first-order valence-electron chi connectivity index (χ1n) is 5.90. The smallest absolute Gasteiger partial charge is 0.0779 e. The van der Waals surface area contributed by atoms with Crippen LogP contribution in [0.15, 0.2) is 42.6 Å². The Kier molecular flexibility index (Phi) is 7.06. The van der Waals surface area contributed by atoms with Crippen LogP contribution in [0.5, 0.6) is 0 Å². The number of para-hydroxylation sites is 1. The van der Waals surface area contributed by atoms with Crippen LogP contribution in [0.1, 0.15) is 0 Å². The van der Waals surface area contributed by atoms with Gasteiger partial charge in [0, 0.05) is 18.8 Å². The highest BCUT2D eigenvalue weighted by atomic mass is 15.1. The monoisotopic (exact) mass is 234 g/mol. The van der Waals surface area contributed by atoms with Crippen molar-refractivity contribution in [3.05, 3.63) is 42.6 Å². The van der Waals surface area contributed by atoms with E-state index in [0.717, 1.165) is 18.8 Å². The molecule has 0 fully saturated rings. The van der Waals surface area contributed by atoms with Crippen molar-refractivity contribution in [2.24, 2.45) is 0 Å². The minimum Gasteiger partial charge on any atom is -0.362 e. The topological polar surface area (TPSA) is 48.1 Å². The maximum atomic E-state index is 3.36. The van der Waals surface area contributed by atoms with Gasteiger partial charge in [0.2, 0.25) is 0 Å². The van der Waals surface area contributed by atoms with Crippen molar-refractivity contribution >= 4 is 5.69 Å². The Morgan fingerprint density at radius 1 is 1.12 bits per heavy atom. The standard InChI is InChI=1S/C13H22N4/c1-14-10-11-17-13(15-2)8-9-16-12-6-4-3-5-7-12/h3-9,13-17H,10-11H2,1-2H3/b9-8-. The fourth-order valence-electron chi connectivity index (χ4n) is 1.39. The maximum Gasteiger partial charge on any atom is 0.0779 e. The largest absolute Gasteiger partial charge is 0.362 e. The van der Waals surface area contributed by atoms with Crippen molar-refractivity contribution in [2.75, 3.05) is 32.5 Å². The molecule has 4 nitrogen and oxygen atoms in total. The van der Waals surface area contributed by atoms with Gasteiger partial charge < -0.3 is 16.0 Å². The fourth-order valence-corrected chi connectivity index (χ4v) is 1.39. The molecule has 0 radical (unpaired) electrons. The van der Waals surface area contributed by atoms with E-state index in [1.165, 1.54) is 0 Å². The summed E-state index contributed by atoms with van der Waals surface area (Å²) in [5.74, 6) is 0. The normalized spacial score (nSPS) is 12.8. The van der Waals surface area contributed by atoms with E-state index in [4.69, 9.17) is 0 Å². The third-order valence-electron chi connectivity index (χ3n) is 2.36. The van der Waals surface area contributed by atoms with Gasteiger partial charge in [0.15, 0.2) is 0 Å². The molecule has 0 amide bonds. The van der Waals surface area contributed by atoms with Gasteiger partial charge in [-0.25, -0.2) is 0 Å². The summed E-state index contributed by atoms with van der Waals surface area (Å²) < 4.78 is 0. The highest BCUT2D eigenvalue weighted by Gasteiger charge is 1.97. The Morgan fingerprint density at radius 3 is 2.53 bits per heavy atom. The minimum absolute atomic E-state index is 0.180. The van der Waals surface area contributed by atoms with E-state index in [9.17, 15) is 0 Å². The van der Waals surface area contributed by atoms with E-state index < -0.39 is 0 Å². The second kappa shape index (κ2) is 8.75. The van der Waals surface area contributed by atoms with Crippen LogP contribution in [-0.2, 0) is 0 Å². The van der Waals surface area contributed by atoms with Crippen LogP contribution < -0.4 is 21.3 Å². The van der Waals surface area contributed by atoms with Crippen molar-refractivity contribution in [3.8, 4) is 0 Å². The van der Waals surface area contributed by atoms with Crippen molar-refractivity contribution in [2.45, 2.75) is 6.17 Å². The molecule has 1 unspecified atom stereocenters. The van der Waals surface area contributed by atoms with E-state index in [2.05, 4.69) is 27.3 Å². The van der Waals surface area contributed by atoms with Crippen LogP contribution in [0.2, 0.25) is 0 Å². The quantitative estimate of drug-likeness (QED) is 0.400. The number of benzene rings is 1. The fraction of sp³-hybridized carbons (Fsp3) is 0.385. The van der Waals surface area contributed by atoms with Crippen LogP contribution in [0.4, 0.5) is 5.69 Å². The third kappa shape index (κ3) is 6.06. The number of rotatable bonds is 8. The predicted molar refractivity (Wildman–Crippen MR) is 74.0 cm³/mol. The lowest BCUT2D eigenvalue weighted by Crippen LogP contribution is -2.41. The minimum atomic E-state index is 0.180. The van der Waals surface area contributed by atoms with Gasteiger partial charge >= 0.3 is 0 Å². The molecular weight excluding hydrogens is 212 g/mol. The van der Waals surface area contributed by atoms with Crippen molar-refractivity contribution in [3.63, 3.8) is 0 Å². The first-order chi connectivity index (χ1) is 8.36. The third-order valence-corrected chi connectivity index (χ3v) is 2.36. The molecule has 1 rings (SSSR count). The van der Waals surface area contributed by atoms with Gasteiger partial charge in [0.05, 0.1) is 6.17 Å². The number of anilines is 1. The molecule has 0 saturated carbocycles. The van der Waals surface area contributed by atoms with Crippen LogP contribution in [0.3, 0.4) is 0 Å². The Balaban J connectivity index is 2.30. The van der Waals surface area contributed by atoms with Gasteiger partial charge in [-0.1, -0.05) is 18.2 Å². The average molecular weight is 234 g/mol. The van der Waals surface area contributed by atoms with Crippen LogP contribution in [0.25, 0.3) is 0 Å². The first kappa shape index (κ1) is 13.7. The summed E-state index contributed by atoms with van der Waals surface area (Å²) >= 11 is 0. The number of likely N-dealkylation sites (N-methyl/N-ethyl adjacent to an activating group) is 2. The van der Waals surface area contributed by atoms with Gasteiger partial charge in [-0.2, -0.15) is 0 Å². The van der Waals surface area contributed by atoms with Gasteiger partial charge in [-0.05, 0) is 38.5 Å². The second-order valence-electron chi connectivity index (χ2n) is 3.69. The van der Waals surface area contributed by atoms with Gasteiger partial charge in [-0.15, -0.1) is 0 Å². The Hall–Kier alpha value is -1.36. The van der Waals surface area contributed by atoms with E-state index in [-0.39, 0.29) is 6.17 Å². The molecule has 1 atom stereocenters. The van der Waals surface area contributed by atoms with E-state index in [1.807, 2.05) is 50.6 Å². The number of nitrogens with one attached hydrogen (secondary N) is 4. The molecule has 1 aromatic rings. The Bertz CT molecular complexity index is 310. The summed E-state index contributed by atoms with van der Waals surface area (Å²) in [6.07, 6.45) is 4.19. The van der Waals surface area contributed by atoms with Crippen LogP contribution in [-0.4, -0.2) is 33.4 Å². The average Bonchev–Trinajstić information content (AvgIpc) is 2.38. The molecule has 4 heteroatoms. The molecule has 4 N–H and O–H groups in total. The molecule has 0 saturated heterocycles. The lowest BCUT2D eigenvalue weighted by Gasteiger charge is -2.13. The summed E-state index contributed by atoms with van der Waals surface area (Å²) in [7, 11) is 3.88. The molecule has 17 heavy (non-hydrogen) atoms. The zero-order valence-corrected chi connectivity index (χ0v) is 10.5. The van der Waals surface area contributed by atoms with Crippen molar-refractivity contribution < 1.29 is 0 Å². The predicted octanol–water partition coefficient (Wildman–Crippen LogP) is 0.967. The molecule has 0 aliphatic heterocycles. The van der Waals surface area contributed by atoms with Gasteiger partial charge in [0.25, 0.3) is 0 Å². The zero-order chi connectivity index (χ0) is 12.3. The van der Waals surface area contributed by atoms with Gasteiger partial charge in [-0.3, -0.25) is 5.32 Å². The summed E-state index contributed by atoms with van der Waals surface area (Å²) in [4.78, 5) is 0. The second-order valence-corrected chi connectivity index (χ2v) is 3.69. The van der Waals surface area contributed by atoms with Gasteiger partial charge in [0.1, 0.15) is 0 Å². The van der Waals surface area contributed by atoms with Crippen molar-refractivity contribution in [1.82, 2.24) is 16.0 Å². The molecular formula is C13H22N4. The molecule has 0 aliphatic rings. The lowest BCUT2D eigenvalue weighted by atomic mass is 10.3. The van der Waals surface area contributed by atoms with E-state index >= 15 is 0 Å². The maximum absolute atomic E-state index is 3.36. The van der Waals surface area contributed by atoms with Crippen LogP contribution in [0, 0.1) is 0 Å². The lowest BCUT2D eigenvalue weighted by molar-refractivity contribution is 0.526. The molecule has 0 spiro atoms. The van der Waals surface area contributed by atoms with Crippen LogP contribution >= 0.6 is 0 Å². The Labute approximate surface area is 103 Å². The number of hydrogen-bond donors (Lipinski definition) is 4. The Morgan fingerprint density at radius 2 is 1.88 bits per heavy atom. The van der Waals surface area contributed by atoms with E-state index in [0.29, 0.717) is 0 Å². The summed E-state index contributed by atoms with van der Waals surface area (Å²) in [6, 6.07) is 10.1. The van der Waals surface area contributed by atoms with Crippen molar-refractivity contribution in [1.29, 1.82) is 0 Å². The van der Waals surface area contributed by atoms with E-state index in [1.54, 1.807) is 0 Å². The highest BCUT2D eigenvalue weighted by Crippen LogP contribution is 2.04. The molecule has 0 bridgehead atoms. The molecule has 0 aromatic heterocycles. The number of hydrogen-bond acceptors (Lipinski definition) is 4. The molecule has 94 valence electrons. The zero-order valence-electron chi connectivity index (χ0n) is 10.5. The SMILES string of the molecule is CNCCNC(/C=C\Nc1ccccc1)NC. The summed E-state index contributed by atoms with van der Waals surface area (Å²) in [5, 5.41) is 12.9. The summed E-state index contributed by atoms with van der Waals surface area (Å²) in [6.45, 7) is 1.88. The first-order valence-corrected chi connectivity index (χ1v) is 5.90.